The van der Waals surface area contributed by atoms with Crippen LogP contribution in [0.2, 0.25) is 5.02 Å². The Kier molecular flexibility index (Phi) is 6.37. The second-order valence-electron chi connectivity index (χ2n) is 7.37. The van der Waals surface area contributed by atoms with E-state index in [0.717, 1.165) is 17.0 Å². The van der Waals surface area contributed by atoms with Gasteiger partial charge in [0.2, 0.25) is 17.7 Å². The molecule has 0 atom stereocenters. The Morgan fingerprint density at radius 1 is 1.24 bits per heavy atom. The Balaban J connectivity index is 1.70. The van der Waals surface area contributed by atoms with Crippen molar-refractivity contribution >= 4 is 17.5 Å². The van der Waals surface area contributed by atoms with E-state index in [4.69, 9.17) is 16.0 Å². The zero-order valence-electron chi connectivity index (χ0n) is 17.4. The van der Waals surface area contributed by atoms with Gasteiger partial charge in [0.15, 0.2) is 0 Å². The van der Waals surface area contributed by atoms with E-state index in [-0.39, 0.29) is 18.5 Å². The average Bonchev–Trinajstić information content (AvgIpc) is 3.23. The van der Waals surface area contributed by atoms with Gasteiger partial charge in [0.1, 0.15) is 0 Å². The molecule has 0 spiro atoms. The third-order valence-electron chi connectivity index (χ3n) is 5.07. The van der Waals surface area contributed by atoms with Gasteiger partial charge in [-0.3, -0.25) is 9.48 Å². The van der Waals surface area contributed by atoms with Crippen LogP contribution in [0.25, 0.3) is 11.5 Å². The standard InChI is InChI=1S/C21H26ClN5O2/c1-13(2)27(20(28)11-10-16-14(3)25-26(5)15(16)4)12-19-23-24-21(29-19)17-8-6-7-9-18(17)22/h6-9,13H,10-12H2,1-5H3. The molecule has 0 unspecified atom stereocenters. The number of carbonyl (C=O) groups excluding carboxylic acids is 1. The minimum Gasteiger partial charge on any atom is -0.419 e. The van der Waals surface area contributed by atoms with Crippen LogP contribution >= 0.6 is 11.6 Å². The number of rotatable bonds is 7. The summed E-state index contributed by atoms with van der Waals surface area (Å²) in [4.78, 5) is 14.7. The molecule has 0 fully saturated rings. The van der Waals surface area contributed by atoms with Gasteiger partial charge >= 0.3 is 0 Å². The summed E-state index contributed by atoms with van der Waals surface area (Å²) in [5.41, 5.74) is 3.86. The summed E-state index contributed by atoms with van der Waals surface area (Å²) in [5, 5.41) is 13.2. The van der Waals surface area contributed by atoms with Crippen molar-refractivity contribution in [1.29, 1.82) is 0 Å². The minimum absolute atomic E-state index is 0.00857. The number of nitrogens with zero attached hydrogens (tertiary/aromatic N) is 5. The van der Waals surface area contributed by atoms with E-state index in [1.165, 1.54) is 0 Å². The maximum absolute atomic E-state index is 12.9. The van der Waals surface area contributed by atoms with Crippen LogP contribution < -0.4 is 0 Å². The average molecular weight is 416 g/mol. The summed E-state index contributed by atoms with van der Waals surface area (Å²) in [6.07, 6.45) is 1.05. The van der Waals surface area contributed by atoms with Crippen molar-refractivity contribution in [2.24, 2.45) is 7.05 Å². The molecular formula is C21H26ClN5O2. The third-order valence-corrected chi connectivity index (χ3v) is 5.40. The molecule has 3 rings (SSSR count). The van der Waals surface area contributed by atoms with Crippen LogP contribution in [-0.2, 0) is 24.8 Å². The zero-order chi connectivity index (χ0) is 21.1. The molecule has 8 heteroatoms. The molecule has 0 bridgehead atoms. The van der Waals surface area contributed by atoms with Crippen LogP contribution in [0.3, 0.4) is 0 Å². The normalized spacial score (nSPS) is 11.3. The summed E-state index contributed by atoms with van der Waals surface area (Å²) < 4.78 is 7.62. The molecule has 2 heterocycles. The highest BCUT2D eigenvalue weighted by Crippen LogP contribution is 2.26. The minimum atomic E-state index is 0.00857. The lowest BCUT2D eigenvalue weighted by molar-refractivity contribution is -0.133. The van der Waals surface area contributed by atoms with Crippen LogP contribution in [0.15, 0.2) is 28.7 Å². The van der Waals surface area contributed by atoms with Crippen molar-refractivity contribution in [2.45, 2.75) is 53.1 Å². The number of carbonyl (C=O) groups is 1. The quantitative estimate of drug-likeness (QED) is 0.580. The predicted molar refractivity (Wildman–Crippen MR) is 111 cm³/mol. The first-order valence-electron chi connectivity index (χ1n) is 9.63. The molecule has 0 saturated heterocycles. The van der Waals surface area contributed by atoms with Crippen molar-refractivity contribution in [2.75, 3.05) is 0 Å². The number of hydrogen-bond acceptors (Lipinski definition) is 5. The Morgan fingerprint density at radius 3 is 2.59 bits per heavy atom. The lowest BCUT2D eigenvalue weighted by Gasteiger charge is -2.25. The summed E-state index contributed by atoms with van der Waals surface area (Å²) in [7, 11) is 1.92. The first-order chi connectivity index (χ1) is 13.8. The first-order valence-corrected chi connectivity index (χ1v) is 10.0. The summed E-state index contributed by atoms with van der Waals surface area (Å²) in [6, 6.07) is 7.30. The second kappa shape index (κ2) is 8.78. The van der Waals surface area contributed by atoms with Crippen molar-refractivity contribution in [3.8, 4) is 11.5 Å². The molecule has 0 N–H and O–H groups in total. The number of hydrogen-bond donors (Lipinski definition) is 0. The van der Waals surface area contributed by atoms with Gasteiger partial charge in [-0.15, -0.1) is 10.2 Å². The number of aromatic nitrogens is 4. The summed E-state index contributed by atoms with van der Waals surface area (Å²) in [5.74, 6) is 0.777. The van der Waals surface area contributed by atoms with E-state index < -0.39 is 0 Å². The van der Waals surface area contributed by atoms with E-state index in [9.17, 15) is 4.79 Å². The highest BCUT2D eigenvalue weighted by atomic mass is 35.5. The van der Waals surface area contributed by atoms with Gasteiger partial charge in [-0.2, -0.15) is 5.10 Å². The highest BCUT2D eigenvalue weighted by Gasteiger charge is 2.22. The van der Waals surface area contributed by atoms with Crippen LogP contribution in [0, 0.1) is 13.8 Å². The molecule has 3 aromatic rings. The number of amides is 1. The van der Waals surface area contributed by atoms with Gasteiger partial charge < -0.3 is 9.32 Å². The van der Waals surface area contributed by atoms with E-state index in [1.54, 1.807) is 11.0 Å². The maximum Gasteiger partial charge on any atom is 0.249 e. The van der Waals surface area contributed by atoms with Crippen molar-refractivity contribution < 1.29 is 9.21 Å². The van der Waals surface area contributed by atoms with Gasteiger partial charge in [0.05, 0.1) is 22.8 Å². The van der Waals surface area contributed by atoms with Crippen LogP contribution in [0.4, 0.5) is 0 Å². The molecule has 1 amide bonds. The molecule has 0 aliphatic rings. The van der Waals surface area contributed by atoms with Crippen molar-refractivity contribution in [3.05, 3.63) is 52.1 Å². The van der Waals surface area contributed by atoms with E-state index >= 15 is 0 Å². The molecule has 0 aliphatic carbocycles. The number of halogens is 1. The first kappa shape index (κ1) is 21.0. The summed E-state index contributed by atoms with van der Waals surface area (Å²) in [6.45, 7) is 8.21. The van der Waals surface area contributed by atoms with E-state index in [2.05, 4.69) is 15.3 Å². The molecule has 29 heavy (non-hydrogen) atoms. The van der Waals surface area contributed by atoms with Crippen molar-refractivity contribution in [3.63, 3.8) is 0 Å². The molecule has 7 nitrogen and oxygen atoms in total. The van der Waals surface area contributed by atoms with Crippen LogP contribution in [-0.4, -0.2) is 36.8 Å². The molecular weight excluding hydrogens is 390 g/mol. The fraction of sp³-hybridized carbons (Fsp3) is 0.429. The Bertz CT molecular complexity index is 1010. The van der Waals surface area contributed by atoms with Gasteiger partial charge in [-0.25, -0.2) is 0 Å². The maximum atomic E-state index is 12.9. The smallest absolute Gasteiger partial charge is 0.249 e. The topological polar surface area (TPSA) is 77.1 Å². The van der Waals surface area contributed by atoms with Gasteiger partial charge in [-0.05, 0) is 51.8 Å². The fourth-order valence-corrected chi connectivity index (χ4v) is 3.54. The lowest BCUT2D eigenvalue weighted by Crippen LogP contribution is -2.36. The third kappa shape index (κ3) is 4.67. The van der Waals surface area contributed by atoms with Gasteiger partial charge in [0, 0.05) is 25.2 Å². The van der Waals surface area contributed by atoms with Crippen LogP contribution in [0.1, 0.15) is 43.1 Å². The molecule has 0 aliphatic heterocycles. The molecule has 1 aromatic carbocycles. The number of aryl methyl sites for hydroxylation is 2. The van der Waals surface area contributed by atoms with Gasteiger partial charge in [0.25, 0.3) is 0 Å². The Labute approximate surface area is 175 Å². The van der Waals surface area contributed by atoms with E-state index in [0.29, 0.717) is 35.2 Å². The molecule has 0 saturated carbocycles. The second-order valence-corrected chi connectivity index (χ2v) is 7.78. The Hall–Kier alpha value is -2.67. The molecule has 154 valence electrons. The molecule has 2 aromatic heterocycles. The molecule has 0 radical (unpaired) electrons. The predicted octanol–water partition coefficient (Wildman–Crippen LogP) is 4.11. The fourth-order valence-electron chi connectivity index (χ4n) is 3.32. The summed E-state index contributed by atoms with van der Waals surface area (Å²) >= 11 is 6.20. The van der Waals surface area contributed by atoms with Crippen LogP contribution in [0.5, 0.6) is 0 Å². The highest BCUT2D eigenvalue weighted by molar-refractivity contribution is 6.33. The van der Waals surface area contributed by atoms with Gasteiger partial charge in [-0.1, -0.05) is 23.7 Å². The number of benzene rings is 1. The SMILES string of the molecule is Cc1nn(C)c(C)c1CCC(=O)N(Cc1nnc(-c2ccccc2Cl)o1)C(C)C. The van der Waals surface area contributed by atoms with E-state index in [1.807, 2.05) is 57.6 Å². The van der Waals surface area contributed by atoms with Crippen molar-refractivity contribution in [1.82, 2.24) is 24.9 Å². The monoisotopic (exact) mass is 415 g/mol. The Morgan fingerprint density at radius 2 is 1.97 bits per heavy atom. The zero-order valence-corrected chi connectivity index (χ0v) is 18.2. The largest absolute Gasteiger partial charge is 0.419 e. The lowest BCUT2D eigenvalue weighted by atomic mass is 10.1.